The highest BCUT2D eigenvalue weighted by atomic mass is 16.6. The summed E-state index contributed by atoms with van der Waals surface area (Å²) < 4.78 is 15.7. The maximum Gasteiger partial charge on any atom is 0.333 e. The Labute approximate surface area is 123 Å². The number of methoxy groups -OCH3 is 1. The summed E-state index contributed by atoms with van der Waals surface area (Å²) in [5.74, 6) is 1.16. The molecule has 0 aliphatic rings. The minimum absolute atomic E-state index is 0.201. The summed E-state index contributed by atoms with van der Waals surface area (Å²) in [7, 11) is 1.64. The van der Waals surface area contributed by atoms with Crippen LogP contribution in [0.15, 0.2) is 48.6 Å². The van der Waals surface area contributed by atoms with Crippen LogP contribution in [-0.4, -0.2) is 26.3 Å². The van der Waals surface area contributed by atoms with Gasteiger partial charge in [-0.15, -0.1) is 0 Å². The molecule has 0 aliphatic heterocycles. The molecular formula is C17H18O4. The van der Waals surface area contributed by atoms with Gasteiger partial charge in [-0.3, -0.25) is 0 Å². The van der Waals surface area contributed by atoms with E-state index in [0.717, 1.165) is 22.3 Å². The fourth-order valence-electron chi connectivity index (χ4n) is 1.84. The van der Waals surface area contributed by atoms with Crippen LogP contribution in [0.1, 0.15) is 6.92 Å². The number of fused-ring (bicyclic) bond motifs is 1. The van der Waals surface area contributed by atoms with Crippen molar-refractivity contribution in [1.82, 2.24) is 0 Å². The van der Waals surface area contributed by atoms with Gasteiger partial charge in [0, 0.05) is 5.57 Å². The lowest BCUT2D eigenvalue weighted by atomic mass is 10.1. The first-order valence-electron chi connectivity index (χ1n) is 6.63. The zero-order valence-corrected chi connectivity index (χ0v) is 12.2. The fourth-order valence-corrected chi connectivity index (χ4v) is 1.84. The first-order valence-corrected chi connectivity index (χ1v) is 6.63. The van der Waals surface area contributed by atoms with E-state index >= 15 is 0 Å². The lowest BCUT2D eigenvalue weighted by Gasteiger charge is -2.09. The molecule has 0 atom stereocenters. The van der Waals surface area contributed by atoms with E-state index in [0.29, 0.717) is 12.2 Å². The predicted molar refractivity (Wildman–Crippen MR) is 81.8 cm³/mol. The van der Waals surface area contributed by atoms with Crippen molar-refractivity contribution in [2.24, 2.45) is 0 Å². The summed E-state index contributed by atoms with van der Waals surface area (Å²) in [5.41, 5.74) is 0.384. The second-order valence-corrected chi connectivity index (χ2v) is 4.64. The van der Waals surface area contributed by atoms with Crippen LogP contribution >= 0.6 is 0 Å². The van der Waals surface area contributed by atoms with Crippen molar-refractivity contribution in [3.8, 4) is 11.5 Å². The van der Waals surface area contributed by atoms with Crippen LogP contribution in [0.3, 0.4) is 0 Å². The summed E-state index contributed by atoms with van der Waals surface area (Å²) in [6.07, 6.45) is 0. The molecule has 0 spiro atoms. The zero-order chi connectivity index (χ0) is 15.2. The molecular weight excluding hydrogens is 268 g/mol. The largest absolute Gasteiger partial charge is 0.497 e. The lowest BCUT2D eigenvalue weighted by Crippen LogP contribution is -2.12. The van der Waals surface area contributed by atoms with Crippen LogP contribution in [0.4, 0.5) is 0 Å². The zero-order valence-electron chi connectivity index (χ0n) is 12.2. The molecule has 0 heterocycles. The number of ether oxygens (including phenoxy) is 3. The minimum Gasteiger partial charge on any atom is -0.497 e. The summed E-state index contributed by atoms with van der Waals surface area (Å²) in [6.45, 7) is 5.63. The van der Waals surface area contributed by atoms with E-state index in [-0.39, 0.29) is 6.61 Å². The summed E-state index contributed by atoms with van der Waals surface area (Å²) in [4.78, 5) is 11.2. The molecule has 0 amide bonds. The molecule has 0 aromatic heterocycles. The van der Waals surface area contributed by atoms with Gasteiger partial charge < -0.3 is 14.2 Å². The highest BCUT2D eigenvalue weighted by Crippen LogP contribution is 2.24. The highest BCUT2D eigenvalue weighted by Gasteiger charge is 2.03. The molecule has 0 fully saturated rings. The Balaban J connectivity index is 1.94. The fraction of sp³-hybridized carbons (Fsp3) is 0.235. The van der Waals surface area contributed by atoms with Crippen molar-refractivity contribution in [3.63, 3.8) is 0 Å². The molecule has 0 radical (unpaired) electrons. The smallest absolute Gasteiger partial charge is 0.333 e. The SMILES string of the molecule is C=C(C)C(=O)OCCOc1ccc2cc(OC)ccc2c1. The van der Waals surface area contributed by atoms with Gasteiger partial charge in [0.05, 0.1) is 7.11 Å². The van der Waals surface area contributed by atoms with E-state index < -0.39 is 5.97 Å². The maximum absolute atomic E-state index is 11.2. The van der Waals surface area contributed by atoms with Crippen LogP contribution in [0.5, 0.6) is 11.5 Å². The lowest BCUT2D eigenvalue weighted by molar-refractivity contribution is -0.139. The first kappa shape index (κ1) is 14.9. The van der Waals surface area contributed by atoms with E-state index in [2.05, 4.69) is 6.58 Å². The number of rotatable bonds is 6. The average Bonchev–Trinajstić information content (AvgIpc) is 2.50. The Morgan fingerprint density at radius 2 is 1.67 bits per heavy atom. The quantitative estimate of drug-likeness (QED) is 0.464. The third-order valence-corrected chi connectivity index (χ3v) is 2.95. The molecule has 2 rings (SSSR count). The number of hydrogen-bond acceptors (Lipinski definition) is 4. The van der Waals surface area contributed by atoms with Crippen molar-refractivity contribution < 1.29 is 19.0 Å². The van der Waals surface area contributed by atoms with Gasteiger partial charge in [-0.2, -0.15) is 0 Å². The third kappa shape index (κ3) is 3.99. The Kier molecular flexibility index (Phi) is 4.82. The van der Waals surface area contributed by atoms with Crippen LogP contribution in [-0.2, 0) is 9.53 Å². The molecule has 0 saturated heterocycles. The molecule has 2 aromatic carbocycles. The van der Waals surface area contributed by atoms with Gasteiger partial charge in [-0.05, 0) is 42.0 Å². The highest BCUT2D eigenvalue weighted by molar-refractivity contribution is 5.87. The molecule has 0 bridgehead atoms. The Hall–Kier alpha value is -2.49. The van der Waals surface area contributed by atoms with Crippen LogP contribution in [0.25, 0.3) is 10.8 Å². The Morgan fingerprint density at radius 3 is 2.29 bits per heavy atom. The molecule has 4 heteroatoms. The molecule has 0 N–H and O–H groups in total. The average molecular weight is 286 g/mol. The summed E-state index contributed by atoms with van der Waals surface area (Å²) >= 11 is 0. The molecule has 21 heavy (non-hydrogen) atoms. The molecule has 110 valence electrons. The number of benzene rings is 2. The minimum atomic E-state index is -0.399. The van der Waals surface area contributed by atoms with Gasteiger partial charge in [0.15, 0.2) is 0 Å². The standard InChI is InChI=1S/C17H18O4/c1-12(2)17(18)21-9-8-20-16-7-5-13-10-15(19-3)6-4-14(13)11-16/h4-7,10-11H,1,8-9H2,2-3H3. The Morgan fingerprint density at radius 1 is 1.05 bits per heavy atom. The second kappa shape index (κ2) is 6.79. The number of carbonyl (C=O) groups is 1. The van der Waals surface area contributed by atoms with Crippen molar-refractivity contribution in [3.05, 3.63) is 48.6 Å². The number of carbonyl (C=O) groups excluding carboxylic acids is 1. The van der Waals surface area contributed by atoms with Gasteiger partial charge in [0.25, 0.3) is 0 Å². The molecule has 0 unspecified atom stereocenters. The normalized spacial score (nSPS) is 10.2. The predicted octanol–water partition coefficient (Wildman–Crippen LogP) is 3.35. The Bertz CT molecular complexity index is 661. The van der Waals surface area contributed by atoms with Gasteiger partial charge in [0.1, 0.15) is 24.7 Å². The van der Waals surface area contributed by atoms with Crippen LogP contribution in [0.2, 0.25) is 0 Å². The number of esters is 1. The van der Waals surface area contributed by atoms with E-state index in [1.165, 1.54) is 0 Å². The molecule has 0 saturated carbocycles. The number of hydrogen-bond donors (Lipinski definition) is 0. The van der Waals surface area contributed by atoms with Gasteiger partial charge in [-0.1, -0.05) is 18.7 Å². The van der Waals surface area contributed by atoms with Gasteiger partial charge >= 0.3 is 5.97 Å². The molecule has 2 aromatic rings. The van der Waals surface area contributed by atoms with Crippen molar-refractivity contribution in [2.45, 2.75) is 6.92 Å². The van der Waals surface area contributed by atoms with Crippen molar-refractivity contribution in [1.29, 1.82) is 0 Å². The summed E-state index contributed by atoms with van der Waals surface area (Å²) in [6, 6.07) is 11.6. The van der Waals surface area contributed by atoms with Gasteiger partial charge in [0.2, 0.25) is 0 Å². The maximum atomic E-state index is 11.2. The molecule has 0 aliphatic carbocycles. The molecule has 4 nitrogen and oxygen atoms in total. The van der Waals surface area contributed by atoms with Crippen LogP contribution < -0.4 is 9.47 Å². The topological polar surface area (TPSA) is 44.8 Å². The first-order chi connectivity index (χ1) is 10.1. The van der Waals surface area contributed by atoms with Crippen molar-refractivity contribution >= 4 is 16.7 Å². The van der Waals surface area contributed by atoms with Gasteiger partial charge in [-0.25, -0.2) is 4.79 Å². The monoisotopic (exact) mass is 286 g/mol. The summed E-state index contributed by atoms with van der Waals surface area (Å²) in [5, 5.41) is 2.14. The van der Waals surface area contributed by atoms with E-state index in [9.17, 15) is 4.79 Å². The van der Waals surface area contributed by atoms with E-state index in [1.807, 2.05) is 36.4 Å². The van der Waals surface area contributed by atoms with Crippen LogP contribution in [0, 0.1) is 0 Å². The second-order valence-electron chi connectivity index (χ2n) is 4.64. The van der Waals surface area contributed by atoms with E-state index in [1.54, 1.807) is 14.0 Å². The van der Waals surface area contributed by atoms with Crippen molar-refractivity contribution in [2.75, 3.05) is 20.3 Å². The van der Waals surface area contributed by atoms with E-state index in [4.69, 9.17) is 14.2 Å². The third-order valence-electron chi connectivity index (χ3n) is 2.95.